The summed E-state index contributed by atoms with van der Waals surface area (Å²) in [4.78, 5) is 10.7. The number of halogens is 1. The molecule has 1 aliphatic rings. The Labute approximate surface area is 86.6 Å². The molecule has 0 saturated carbocycles. The minimum atomic E-state index is 0.434. The van der Waals surface area contributed by atoms with Gasteiger partial charge in [0, 0.05) is 11.1 Å². The lowest BCUT2D eigenvalue weighted by atomic mass is 10.1. The number of carbonyl (C=O) groups is 1. The van der Waals surface area contributed by atoms with Gasteiger partial charge in [0.1, 0.15) is 13.2 Å². The number of benzene rings is 1. The zero-order chi connectivity index (χ0) is 10.1. The first-order chi connectivity index (χ1) is 6.74. The van der Waals surface area contributed by atoms with Gasteiger partial charge in [-0.1, -0.05) is 11.6 Å². The Kier molecular flexibility index (Phi) is 2.33. The molecule has 0 atom stereocenters. The van der Waals surface area contributed by atoms with E-state index < -0.39 is 0 Å². The summed E-state index contributed by atoms with van der Waals surface area (Å²) in [6.45, 7) is 2.83. The second kappa shape index (κ2) is 3.50. The van der Waals surface area contributed by atoms with Crippen LogP contribution in [-0.2, 0) is 0 Å². The third kappa shape index (κ3) is 1.34. The van der Waals surface area contributed by atoms with Gasteiger partial charge in [-0.15, -0.1) is 0 Å². The van der Waals surface area contributed by atoms with Crippen molar-refractivity contribution in [2.24, 2.45) is 0 Å². The summed E-state index contributed by atoms with van der Waals surface area (Å²) in [7, 11) is 0. The minimum Gasteiger partial charge on any atom is -0.486 e. The monoisotopic (exact) mass is 212 g/mol. The standard InChI is InChI=1S/C10H9ClO3/c1-6-9(11)7(5-12)4-8-10(6)14-3-2-13-8/h4-5H,2-3H2,1H3. The van der Waals surface area contributed by atoms with E-state index in [1.165, 1.54) is 0 Å². The van der Waals surface area contributed by atoms with Crippen LogP contribution >= 0.6 is 11.6 Å². The smallest absolute Gasteiger partial charge is 0.165 e. The molecule has 0 unspecified atom stereocenters. The topological polar surface area (TPSA) is 35.5 Å². The summed E-state index contributed by atoms with van der Waals surface area (Å²) in [5.41, 5.74) is 1.19. The lowest BCUT2D eigenvalue weighted by molar-refractivity contribution is 0.112. The van der Waals surface area contributed by atoms with E-state index in [0.717, 1.165) is 5.56 Å². The van der Waals surface area contributed by atoms with Crippen molar-refractivity contribution in [1.82, 2.24) is 0 Å². The third-order valence-corrected chi connectivity index (χ3v) is 2.65. The zero-order valence-electron chi connectivity index (χ0n) is 7.67. The summed E-state index contributed by atoms with van der Waals surface area (Å²) in [5.74, 6) is 1.24. The van der Waals surface area contributed by atoms with Crippen LogP contribution in [-0.4, -0.2) is 19.5 Å². The molecule has 14 heavy (non-hydrogen) atoms. The summed E-state index contributed by atoms with van der Waals surface area (Å²) < 4.78 is 10.8. The van der Waals surface area contributed by atoms with E-state index in [2.05, 4.69) is 0 Å². The van der Waals surface area contributed by atoms with Crippen LogP contribution in [0.2, 0.25) is 5.02 Å². The van der Waals surface area contributed by atoms with E-state index in [4.69, 9.17) is 21.1 Å². The molecule has 0 spiro atoms. The van der Waals surface area contributed by atoms with Crippen molar-refractivity contribution in [2.75, 3.05) is 13.2 Å². The molecule has 3 nitrogen and oxygen atoms in total. The molecule has 1 heterocycles. The maximum Gasteiger partial charge on any atom is 0.165 e. The summed E-state index contributed by atoms with van der Waals surface area (Å²) in [5, 5.41) is 0.434. The zero-order valence-corrected chi connectivity index (χ0v) is 8.43. The molecule has 0 saturated heterocycles. The molecule has 1 aromatic rings. The molecular weight excluding hydrogens is 204 g/mol. The van der Waals surface area contributed by atoms with Crippen molar-refractivity contribution in [3.8, 4) is 11.5 Å². The molecule has 0 N–H and O–H groups in total. The Morgan fingerprint density at radius 2 is 2.14 bits per heavy atom. The molecular formula is C10H9ClO3. The molecule has 0 bridgehead atoms. The van der Waals surface area contributed by atoms with Crippen LogP contribution in [0, 0.1) is 6.92 Å². The molecule has 0 radical (unpaired) electrons. The highest BCUT2D eigenvalue weighted by Gasteiger charge is 2.18. The van der Waals surface area contributed by atoms with Crippen LogP contribution in [0.15, 0.2) is 6.07 Å². The van der Waals surface area contributed by atoms with Gasteiger partial charge in [0.2, 0.25) is 0 Å². The second-order valence-electron chi connectivity index (χ2n) is 3.05. The fraction of sp³-hybridized carbons (Fsp3) is 0.300. The highest BCUT2D eigenvalue weighted by Crippen LogP contribution is 2.39. The maximum atomic E-state index is 10.7. The fourth-order valence-corrected chi connectivity index (χ4v) is 1.62. The predicted octanol–water partition coefficient (Wildman–Crippen LogP) is 2.23. The van der Waals surface area contributed by atoms with Gasteiger partial charge in [0.15, 0.2) is 17.8 Å². The van der Waals surface area contributed by atoms with Crippen molar-refractivity contribution >= 4 is 17.9 Å². The van der Waals surface area contributed by atoms with Crippen LogP contribution in [0.3, 0.4) is 0 Å². The summed E-state index contributed by atoms with van der Waals surface area (Å²) >= 11 is 5.96. The van der Waals surface area contributed by atoms with E-state index >= 15 is 0 Å². The van der Waals surface area contributed by atoms with Crippen molar-refractivity contribution in [3.63, 3.8) is 0 Å². The third-order valence-electron chi connectivity index (χ3n) is 2.15. The Balaban J connectivity index is 2.62. The van der Waals surface area contributed by atoms with Gasteiger partial charge >= 0.3 is 0 Å². The number of fused-ring (bicyclic) bond motifs is 1. The average molecular weight is 213 g/mol. The van der Waals surface area contributed by atoms with Gasteiger partial charge in [-0.2, -0.15) is 0 Å². The van der Waals surface area contributed by atoms with Gasteiger partial charge in [-0.25, -0.2) is 0 Å². The Morgan fingerprint density at radius 3 is 2.86 bits per heavy atom. The number of carbonyl (C=O) groups excluding carboxylic acids is 1. The molecule has 0 aliphatic carbocycles. The van der Waals surface area contributed by atoms with E-state index in [0.29, 0.717) is 41.6 Å². The van der Waals surface area contributed by atoms with Gasteiger partial charge in [-0.05, 0) is 13.0 Å². The number of hydrogen-bond donors (Lipinski definition) is 0. The van der Waals surface area contributed by atoms with E-state index in [9.17, 15) is 4.79 Å². The minimum absolute atomic E-state index is 0.434. The molecule has 4 heteroatoms. The maximum absolute atomic E-state index is 10.7. The van der Waals surface area contributed by atoms with Crippen molar-refractivity contribution in [1.29, 1.82) is 0 Å². The summed E-state index contributed by atoms with van der Waals surface area (Å²) in [6.07, 6.45) is 0.716. The largest absolute Gasteiger partial charge is 0.486 e. The summed E-state index contributed by atoms with van der Waals surface area (Å²) in [6, 6.07) is 1.61. The SMILES string of the molecule is Cc1c(Cl)c(C=O)cc2c1OCCO2. The Morgan fingerprint density at radius 1 is 1.43 bits per heavy atom. The highest BCUT2D eigenvalue weighted by molar-refractivity contribution is 6.34. The van der Waals surface area contributed by atoms with Gasteiger partial charge in [0.05, 0.1) is 5.02 Å². The lowest BCUT2D eigenvalue weighted by Crippen LogP contribution is -2.16. The Bertz CT molecular complexity index is 387. The van der Waals surface area contributed by atoms with E-state index in [-0.39, 0.29) is 0 Å². The van der Waals surface area contributed by atoms with Gasteiger partial charge in [-0.3, -0.25) is 4.79 Å². The molecule has 1 aliphatic heterocycles. The number of rotatable bonds is 1. The van der Waals surface area contributed by atoms with Crippen LogP contribution in [0.4, 0.5) is 0 Å². The van der Waals surface area contributed by atoms with Crippen LogP contribution in [0.25, 0.3) is 0 Å². The Hall–Kier alpha value is -1.22. The van der Waals surface area contributed by atoms with Gasteiger partial charge < -0.3 is 9.47 Å². The van der Waals surface area contributed by atoms with Crippen LogP contribution in [0.1, 0.15) is 15.9 Å². The fourth-order valence-electron chi connectivity index (χ4n) is 1.44. The average Bonchev–Trinajstić information content (AvgIpc) is 2.23. The van der Waals surface area contributed by atoms with E-state index in [1.807, 2.05) is 6.92 Å². The van der Waals surface area contributed by atoms with E-state index in [1.54, 1.807) is 6.07 Å². The number of ether oxygens (including phenoxy) is 2. The quantitative estimate of drug-likeness (QED) is 0.670. The van der Waals surface area contributed by atoms with Crippen LogP contribution < -0.4 is 9.47 Å². The van der Waals surface area contributed by atoms with Gasteiger partial charge in [0.25, 0.3) is 0 Å². The van der Waals surface area contributed by atoms with Crippen LogP contribution in [0.5, 0.6) is 11.5 Å². The molecule has 0 fully saturated rings. The molecule has 0 aromatic heterocycles. The number of aldehydes is 1. The first-order valence-corrected chi connectivity index (χ1v) is 4.65. The lowest BCUT2D eigenvalue weighted by Gasteiger charge is -2.21. The first kappa shape index (κ1) is 9.34. The molecule has 1 aromatic carbocycles. The first-order valence-electron chi connectivity index (χ1n) is 4.28. The van der Waals surface area contributed by atoms with Crippen molar-refractivity contribution < 1.29 is 14.3 Å². The predicted molar refractivity (Wildman–Crippen MR) is 52.6 cm³/mol. The highest BCUT2D eigenvalue weighted by atomic mass is 35.5. The molecule has 74 valence electrons. The number of hydrogen-bond acceptors (Lipinski definition) is 3. The molecule has 0 amide bonds. The normalized spacial score (nSPS) is 13.9. The second-order valence-corrected chi connectivity index (χ2v) is 3.42. The van der Waals surface area contributed by atoms with Crippen molar-refractivity contribution in [2.45, 2.75) is 6.92 Å². The molecule has 2 rings (SSSR count). The van der Waals surface area contributed by atoms with Crippen molar-refractivity contribution in [3.05, 3.63) is 22.2 Å².